The lowest BCUT2D eigenvalue weighted by molar-refractivity contribution is -0.154. The molecular formula is C13H19NO5S. The van der Waals surface area contributed by atoms with Gasteiger partial charge in [0, 0.05) is 7.05 Å². The minimum Gasteiger partial charge on any atom is -0.338 e. The van der Waals surface area contributed by atoms with Crippen molar-refractivity contribution in [2.45, 2.75) is 38.9 Å². The molecule has 0 aliphatic carbocycles. The molecule has 0 spiro atoms. The van der Waals surface area contributed by atoms with Crippen LogP contribution < -0.4 is 0 Å². The predicted octanol–water partition coefficient (Wildman–Crippen LogP) is 1.88. The Balaban J connectivity index is 2.42. The van der Waals surface area contributed by atoms with Crippen LogP contribution >= 0.6 is 0 Å². The Morgan fingerprint density at radius 3 is 2.40 bits per heavy atom. The molecule has 0 radical (unpaired) electrons. The lowest BCUT2D eigenvalue weighted by Crippen LogP contribution is -2.40. The summed E-state index contributed by atoms with van der Waals surface area (Å²) in [5.74, 6) is -0.934. The minimum absolute atomic E-state index is 0.599. The van der Waals surface area contributed by atoms with Gasteiger partial charge in [-0.3, -0.25) is 4.55 Å². The van der Waals surface area contributed by atoms with Gasteiger partial charge in [0.15, 0.2) is 12.0 Å². The Kier molecular flexibility index (Phi) is 3.92. The summed E-state index contributed by atoms with van der Waals surface area (Å²) in [5, 5.41) is 0. The normalized spacial score (nSPS) is 26.1. The van der Waals surface area contributed by atoms with Crippen LogP contribution in [0.3, 0.4) is 0 Å². The number of rotatable bonds is 3. The van der Waals surface area contributed by atoms with E-state index < -0.39 is 28.4 Å². The molecule has 7 heteroatoms. The Hall–Kier alpha value is -0.990. The van der Waals surface area contributed by atoms with Crippen LogP contribution in [0.15, 0.2) is 24.3 Å². The Morgan fingerprint density at radius 2 is 1.85 bits per heavy atom. The van der Waals surface area contributed by atoms with E-state index >= 15 is 0 Å². The molecule has 1 heterocycles. The molecule has 0 saturated carbocycles. The first-order valence-corrected chi connectivity index (χ1v) is 7.63. The molecule has 0 aromatic heterocycles. The maximum Gasteiger partial charge on any atom is 0.337 e. The van der Waals surface area contributed by atoms with Gasteiger partial charge in [-0.15, -0.1) is 0 Å². The average molecular weight is 301 g/mol. The third-order valence-electron chi connectivity index (χ3n) is 3.29. The number of likely N-dealkylation sites (N-methyl/N-ethyl adjacent to an activating group) is 1. The maximum atomic E-state index is 11.3. The van der Waals surface area contributed by atoms with Gasteiger partial charge in [-0.05, 0) is 31.9 Å². The van der Waals surface area contributed by atoms with Crippen molar-refractivity contribution in [2.24, 2.45) is 0 Å². The lowest BCUT2D eigenvalue weighted by Gasteiger charge is -2.25. The molecule has 0 amide bonds. The van der Waals surface area contributed by atoms with Crippen LogP contribution in [0.2, 0.25) is 0 Å². The van der Waals surface area contributed by atoms with E-state index in [1.807, 2.05) is 31.2 Å². The Labute approximate surface area is 119 Å². The molecule has 2 rings (SSSR count). The highest BCUT2D eigenvalue weighted by Crippen LogP contribution is 2.40. The first-order valence-electron chi connectivity index (χ1n) is 6.23. The molecule has 1 N–H and O–H groups in total. The zero-order chi connectivity index (χ0) is 15.1. The van der Waals surface area contributed by atoms with E-state index in [4.69, 9.17) is 9.47 Å². The van der Waals surface area contributed by atoms with E-state index in [1.54, 1.807) is 13.8 Å². The van der Waals surface area contributed by atoms with Crippen molar-refractivity contribution < 1.29 is 22.4 Å². The van der Waals surface area contributed by atoms with Crippen LogP contribution in [0.25, 0.3) is 0 Å². The van der Waals surface area contributed by atoms with E-state index in [0.29, 0.717) is 0 Å². The van der Waals surface area contributed by atoms with Gasteiger partial charge < -0.3 is 9.47 Å². The quantitative estimate of drug-likeness (QED) is 0.863. The Morgan fingerprint density at radius 1 is 1.25 bits per heavy atom. The summed E-state index contributed by atoms with van der Waals surface area (Å²) in [6.07, 6.45) is -1.51. The molecule has 1 aromatic carbocycles. The smallest absolute Gasteiger partial charge is 0.337 e. The molecule has 1 aliphatic heterocycles. The van der Waals surface area contributed by atoms with Gasteiger partial charge in [0.05, 0.1) is 0 Å². The van der Waals surface area contributed by atoms with Gasteiger partial charge in [0.25, 0.3) is 0 Å². The monoisotopic (exact) mass is 301 g/mol. The topological polar surface area (TPSA) is 76.1 Å². The zero-order valence-corrected chi connectivity index (χ0v) is 12.7. The molecule has 112 valence electrons. The Bertz CT molecular complexity index is 599. The number of benzene rings is 1. The first-order chi connectivity index (χ1) is 9.12. The molecule has 1 aromatic rings. The van der Waals surface area contributed by atoms with Crippen molar-refractivity contribution in [3.05, 3.63) is 35.4 Å². The summed E-state index contributed by atoms with van der Waals surface area (Å²) < 4.78 is 44.1. The largest absolute Gasteiger partial charge is 0.338 e. The molecule has 1 fully saturated rings. The molecule has 0 bridgehead atoms. The van der Waals surface area contributed by atoms with E-state index in [0.717, 1.165) is 15.4 Å². The third kappa shape index (κ3) is 3.02. The van der Waals surface area contributed by atoms with Crippen LogP contribution in [0.1, 0.15) is 31.1 Å². The standard InChI is InChI=1S/C13H19NO5S/c1-9-7-5-6-8-10(9)11-12(14(4)20(15,16)17)19-13(2,3)18-11/h5-8,11-12H,1-4H3,(H,15,16,17). The van der Waals surface area contributed by atoms with Gasteiger partial charge in [0.2, 0.25) is 0 Å². The third-order valence-corrected chi connectivity index (χ3v) is 4.23. The van der Waals surface area contributed by atoms with Gasteiger partial charge in [-0.2, -0.15) is 12.7 Å². The van der Waals surface area contributed by atoms with Crippen LogP contribution in [0.4, 0.5) is 0 Å². The van der Waals surface area contributed by atoms with Crippen molar-refractivity contribution in [3.63, 3.8) is 0 Å². The minimum atomic E-state index is -4.36. The summed E-state index contributed by atoms with van der Waals surface area (Å²) >= 11 is 0. The van der Waals surface area contributed by atoms with Gasteiger partial charge in [-0.25, -0.2) is 0 Å². The fourth-order valence-corrected chi connectivity index (χ4v) is 2.68. The number of aryl methyl sites for hydroxylation is 1. The van der Waals surface area contributed by atoms with Gasteiger partial charge >= 0.3 is 10.3 Å². The average Bonchev–Trinajstić information content (AvgIpc) is 2.63. The maximum absolute atomic E-state index is 11.3. The second-order valence-electron chi connectivity index (χ2n) is 5.30. The van der Waals surface area contributed by atoms with Gasteiger partial charge in [0.1, 0.15) is 6.10 Å². The van der Waals surface area contributed by atoms with E-state index in [1.165, 1.54) is 7.05 Å². The molecule has 1 aliphatic rings. The zero-order valence-electron chi connectivity index (χ0n) is 11.9. The molecule has 6 nitrogen and oxygen atoms in total. The first kappa shape index (κ1) is 15.4. The van der Waals surface area contributed by atoms with Crippen molar-refractivity contribution in [2.75, 3.05) is 7.05 Å². The predicted molar refractivity (Wildman–Crippen MR) is 73.3 cm³/mol. The van der Waals surface area contributed by atoms with Crippen molar-refractivity contribution in [1.29, 1.82) is 0 Å². The number of hydrogen-bond acceptors (Lipinski definition) is 4. The van der Waals surface area contributed by atoms with Crippen LogP contribution in [0, 0.1) is 6.92 Å². The summed E-state index contributed by atoms with van der Waals surface area (Å²) in [7, 11) is -3.10. The second kappa shape index (κ2) is 5.09. The fraction of sp³-hybridized carbons (Fsp3) is 0.538. The lowest BCUT2D eigenvalue weighted by atomic mass is 10.0. The second-order valence-corrected chi connectivity index (χ2v) is 6.77. The van der Waals surface area contributed by atoms with Crippen LogP contribution in [-0.4, -0.2) is 36.3 Å². The summed E-state index contributed by atoms with van der Waals surface area (Å²) in [6.45, 7) is 5.32. The van der Waals surface area contributed by atoms with E-state index in [9.17, 15) is 13.0 Å². The van der Waals surface area contributed by atoms with E-state index in [2.05, 4.69) is 0 Å². The van der Waals surface area contributed by atoms with Crippen LogP contribution in [-0.2, 0) is 19.8 Å². The molecule has 2 atom stereocenters. The molecular weight excluding hydrogens is 282 g/mol. The van der Waals surface area contributed by atoms with Crippen molar-refractivity contribution >= 4 is 10.3 Å². The summed E-state index contributed by atoms with van der Waals surface area (Å²) in [6, 6.07) is 7.51. The SMILES string of the molecule is Cc1ccccc1C1OC(C)(C)OC1N(C)S(=O)(=O)O. The van der Waals surface area contributed by atoms with Crippen molar-refractivity contribution in [1.82, 2.24) is 4.31 Å². The number of ether oxygens (including phenoxy) is 2. The highest BCUT2D eigenvalue weighted by Gasteiger charge is 2.47. The van der Waals surface area contributed by atoms with Gasteiger partial charge in [-0.1, -0.05) is 24.3 Å². The fourth-order valence-electron chi connectivity index (χ4n) is 2.26. The van der Waals surface area contributed by atoms with E-state index in [-0.39, 0.29) is 0 Å². The number of nitrogens with zero attached hydrogens (tertiary/aromatic N) is 1. The number of hydrogen-bond donors (Lipinski definition) is 1. The van der Waals surface area contributed by atoms with Crippen LogP contribution in [0.5, 0.6) is 0 Å². The highest BCUT2D eigenvalue weighted by molar-refractivity contribution is 7.83. The molecule has 1 saturated heterocycles. The summed E-state index contributed by atoms with van der Waals surface area (Å²) in [5.41, 5.74) is 1.80. The molecule has 2 unspecified atom stereocenters. The highest BCUT2D eigenvalue weighted by atomic mass is 32.2. The summed E-state index contributed by atoms with van der Waals surface area (Å²) in [4.78, 5) is 0. The van der Waals surface area contributed by atoms with Crippen molar-refractivity contribution in [3.8, 4) is 0 Å². The molecule has 20 heavy (non-hydrogen) atoms.